The molecule has 2 fully saturated rings. The molecule has 150 valence electrons. The van der Waals surface area contributed by atoms with Crippen LogP contribution in [-0.4, -0.2) is 62.9 Å². The monoisotopic (exact) mass is 374 g/mol. The molecule has 2 saturated heterocycles. The summed E-state index contributed by atoms with van der Waals surface area (Å²) >= 11 is 0. The third-order valence-electron chi connectivity index (χ3n) is 6.23. The molecule has 0 bridgehead atoms. The number of methoxy groups -OCH3 is 1. The largest absolute Gasteiger partial charge is 0.465 e. The van der Waals surface area contributed by atoms with E-state index in [0.717, 1.165) is 50.4 Å². The van der Waals surface area contributed by atoms with Crippen molar-refractivity contribution in [3.63, 3.8) is 0 Å². The topological polar surface area (TPSA) is 42.0 Å². The highest BCUT2D eigenvalue weighted by atomic mass is 16.5. The van der Waals surface area contributed by atoms with Crippen LogP contribution in [0.4, 0.5) is 5.69 Å². The van der Waals surface area contributed by atoms with Crippen molar-refractivity contribution < 1.29 is 14.3 Å². The van der Waals surface area contributed by atoms with E-state index in [4.69, 9.17) is 9.47 Å². The van der Waals surface area contributed by atoms with E-state index in [1.165, 1.54) is 12.7 Å². The lowest BCUT2D eigenvalue weighted by atomic mass is 9.85. The van der Waals surface area contributed by atoms with Gasteiger partial charge in [0.1, 0.15) is 0 Å². The molecule has 0 aliphatic carbocycles. The molecule has 0 unspecified atom stereocenters. The Morgan fingerprint density at radius 3 is 2.41 bits per heavy atom. The number of hydrogen-bond donors (Lipinski definition) is 0. The molecule has 5 heteroatoms. The second kappa shape index (κ2) is 7.80. The standard InChI is InChI=1S/C22H34N2O3/c1-15-19(21(25)26-6)11-16(17-13-24(14-17)22(2,3)4)12-20(15)23(5)18-7-9-27-10-8-18/h11-12,17-18H,7-10,13-14H2,1-6H3. The van der Waals surface area contributed by atoms with Gasteiger partial charge in [0.05, 0.1) is 12.7 Å². The van der Waals surface area contributed by atoms with Crippen molar-refractivity contribution in [2.45, 2.75) is 58.0 Å². The van der Waals surface area contributed by atoms with Crippen LogP contribution in [0, 0.1) is 6.92 Å². The number of nitrogens with zero attached hydrogens (tertiary/aromatic N) is 2. The van der Waals surface area contributed by atoms with Crippen molar-refractivity contribution in [2.75, 3.05) is 45.4 Å². The number of carbonyl (C=O) groups is 1. The van der Waals surface area contributed by atoms with E-state index < -0.39 is 0 Å². The van der Waals surface area contributed by atoms with E-state index in [-0.39, 0.29) is 11.5 Å². The summed E-state index contributed by atoms with van der Waals surface area (Å²) in [6.45, 7) is 12.5. The Morgan fingerprint density at radius 2 is 1.85 bits per heavy atom. The highest BCUT2D eigenvalue weighted by Gasteiger charge is 2.36. The Balaban J connectivity index is 1.91. The van der Waals surface area contributed by atoms with Gasteiger partial charge in [-0.2, -0.15) is 0 Å². The van der Waals surface area contributed by atoms with Gasteiger partial charge in [0.25, 0.3) is 0 Å². The first kappa shape index (κ1) is 20.2. The van der Waals surface area contributed by atoms with Crippen LogP contribution < -0.4 is 4.90 Å². The zero-order valence-electron chi connectivity index (χ0n) is 17.7. The fourth-order valence-electron chi connectivity index (χ4n) is 4.15. The Labute approximate surface area is 163 Å². The zero-order chi connectivity index (χ0) is 19.8. The van der Waals surface area contributed by atoms with E-state index in [1.807, 2.05) is 13.0 Å². The first-order valence-electron chi connectivity index (χ1n) is 10.0. The maximum Gasteiger partial charge on any atom is 0.338 e. The predicted molar refractivity (Wildman–Crippen MR) is 109 cm³/mol. The molecule has 1 aromatic carbocycles. The molecule has 27 heavy (non-hydrogen) atoms. The minimum absolute atomic E-state index is 0.189. The molecule has 0 spiro atoms. The SMILES string of the molecule is COC(=O)c1cc(C2CN(C(C)(C)C)C2)cc(N(C)C2CCOCC2)c1C. The summed E-state index contributed by atoms with van der Waals surface area (Å²) in [7, 11) is 3.60. The summed E-state index contributed by atoms with van der Waals surface area (Å²) in [4.78, 5) is 17.2. The third kappa shape index (κ3) is 4.14. The van der Waals surface area contributed by atoms with Crippen LogP contribution in [0.5, 0.6) is 0 Å². The molecule has 0 amide bonds. The quantitative estimate of drug-likeness (QED) is 0.754. The molecule has 5 nitrogen and oxygen atoms in total. The predicted octanol–water partition coefficient (Wildman–Crippen LogP) is 3.59. The van der Waals surface area contributed by atoms with Crippen molar-refractivity contribution >= 4 is 11.7 Å². The molecule has 0 radical (unpaired) electrons. The van der Waals surface area contributed by atoms with Crippen molar-refractivity contribution in [1.29, 1.82) is 0 Å². The normalized spacial score (nSPS) is 19.6. The van der Waals surface area contributed by atoms with Crippen LogP contribution in [0.15, 0.2) is 12.1 Å². The van der Waals surface area contributed by atoms with Crippen molar-refractivity contribution in [1.82, 2.24) is 4.90 Å². The summed E-state index contributed by atoms with van der Waals surface area (Å²) < 4.78 is 10.6. The van der Waals surface area contributed by atoms with E-state index >= 15 is 0 Å². The van der Waals surface area contributed by atoms with Gasteiger partial charge in [-0.1, -0.05) is 0 Å². The van der Waals surface area contributed by atoms with Gasteiger partial charge in [0.15, 0.2) is 0 Å². The first-order valence-corrected chi connectivity index (χ1v) is 10.0. The Hall–Kier alpha value is -1.59. The summed E-state index contributed by atoms with van der Waals surface area (Å²) in [6, 6.07) is 4.79. The lowest BCUT2D eigenvalue weighted by molar-refractivity contribution is 0.0468. The minimum Gasteiger partial charge on any atom is -0.465 e. The van der Waals surface area contributed by atoms with Gasteiger partial charge < -0.3 is 14.4 Å². The van der Waals surface area contributed by atoms with E-state index in [2.05, 4.69) is 43.7 Å². The fourth-order valence-corrected chi connectivity index (χ4v) is 4.15. The van der Waals surface area contributed by atoms with Crippen LogP contribution in [0.2, 0.25) is 0 Å². The van der Waals surface area contributed by atoms with Crippen LogP contribution in [0.3, 0.4) is 0 Å². The molecule has 2 heterocycles. The Kier molecular flexibility index (Phi) is 5.82. The summed E-state index contributed by atoms with van der Waals surface area (Å²) in [5.41, 5.74) is 4.28. The van der Waals surface area contributed by atoms with Crippen molar-refractivity contribution in [3.8, 4) is 0 Å². The molecule has 2 aliphatic heterocycles. The second-order valence-electron chi connectivity index (χ2n) is 8.93. The maximum atomic E-state index is 12.4. The van der Waals surface area contributed by atoms with Crippen LogP contribution in [0.25, 0.3) is 0 Å². The molecule has 1 aromatic rings. The number of ether oxygens (including phenoxy) is 2. The Morgan fingerprint density at radius 1 is 1.22 bits per heavy atom. The summed E-state index contributed by atoms with van der Waals surface area (Å²) in [6.07, 6.45) is 2.05. The highest BCUT2D eigenvalue weighted by molar-refractivity contribution is 5.93. The smallest absolute Gasteiger partial charge is 0.338 e. The molecular formula is C22H34N2O3. The number of anilines is 1. The second-order valence-corrected chi connectivity index (χ2v) is 8.93. The molecule has 0 N–H and O–H groups in total. The fraction of sp³-hybridized carbons (Fsp3) is 0.682. The lowest BCUT2D eigenvalue weighted by Crippen LogP contribution is -2.54. The highest BCUT2D eigenvalue weighted by Crippen LogP contribution is 2.37. The molecule has 0 aromatic heterocycles. The molecule has 0 saturated carbocycles. The van der Waals surface area contributed by atoms with Gasteiger partial charge in [0.2, 0.25) is 0 Å². The van der Waals surface area contributed by atoms with Gasteiger partial charge in [-0.3, -0.25) is 4.90 Å². The van der Waals surface area contributed by atoms with Crippen molar-refractivity contribution in [2.24, 2.45) is 0 Å². The number of esters is 1. The molecule has 2 aliphatic rings. The van der Waals surface area contributed by atoms with Crippen LogP contribution in [-0.2, 0) is 9.47 Å². The number of likely N-dealkylation sites (tertiary alicyclic amines) is 1. The van der Waals surface area contributed by atoms with Crippen LogP contribution in [0.1, 0.15) is 61.0 Å². The van der Waals surface area contributed by atoms with E-state index in [0.29, 0.717) is 17.5 Å². The van der Waals surface area contributed by atoms with Gasteiger partial charge in [-0.25, -0.2) is 4.79 Å². The molecular weight excluding hydrogens is 340 g/mol. The first-order chi connectivity index (χ1) is 12.7. The van der Waals surface area contributed by atoms with Gasteiger partial charge in [0, 0.05) is 56.5 Å². The minimum atomic E-state index is -0.247. The zero-order valence-corrected chi connectivity index (χ0v) is 17.7. The Bertz CT molecular complexity index is 684. The summed E-state index contributed by atoms with van der Waals surface area (Å²) in [5.74, 6) is 0.220. The van der Waals surface area contributed by atoms with E-state index in [9.17, 15) is 4.79 Å². The van der Waals surface area contributed by atoms with Gasteiger partial charge in [-0.15, -0.1) is 0 Å². The number of hydrogen-bond acceptors (Lipinski definition) is 5. The lowest BCUT2D eigenvalue weighted by Gasteiger charge is -2.48. The number of benzene rings is 1. The average Bonchev–Trinajstić information content (AvgIpc) is 2.59. The van der Waals surface area contributed by atoms with Gasteiger partial charge >= 0.3 is 5.97 Å². The number of rotatable bonds is 4. The maximum absolute atomic E-state index is 12.4. The average molecular weight is 375 g/mol. The van der Waals surface area contributed by atoms with Crippen molar-refractivity contribution in [3.05, 3.63) is 28.8 Å². The number of carbonyl (C=O) groups excluding carboxylic acids is 1. The summed E-state index contributed by atoms with van der Waals surface area (Å²) in [5, 5.41) is 0. The van der Waals surface area contributed by atoms with E-state index in [1.54, 1.807) is 0 Å². The molecule has 3 rings (SSSR count). The molecule has 0 atom stereocenters. The van der Waals surface area contributed by atoms with Gasteiger partial charge in [-0.05, 0) is 63.8 Å². The third-order valence-corrected chi connectivity index (χ3v) is 6.23. The van der Waals surface area contributed by atoms with Crippen LogP contribution >= 0.6 is 0 Å².